The number of benzene rings is 1. The number of hydrogen-bond donors (Lipinski definition) is 0. The molecule has 108 valence electrons. The van der Waals surface area contributed by atoms with E-state index in [1.807, 2.05) is 37.3 Å². The molecule has 0 saturated heterocycles. The highest BCUT2D eigenvalue weighted by Gasteiger charge is 2.14. The average molecular weight is 322 g/mol. The molecule has 0 amide bonds. The molecular formula is C14H12ClN3O2S. The molecule has 0 saturated carbocycles. The maximum absolute atomic E-state index is 11.2. The Bertz CT molecular complexity index is 919. The van der Waals surface area contributed by atoms with Crippen LogP contribution in [0.15, 0.2) is 47.9 Å². The van der Waals surface area contributed by atoms with E-state index >= 15 is 0 Å². The van der Waals surface area contributed by atoms with Crippen LogP contribution in [0, 0.1) is 6.92 Å². The molecule has 21 heavy (non-hydrogen) atoms. The number of hydrogen-bond acceptors (Lipinski definition) is 4. The molecule has 1 aromatic carbocycles. The Hall–Kier alpha value is -1.92. The predicted octanol–water partition coefficient (Wildman–Crippen LogP) is 2.72. The smallest absolute Gasteiger partial charge is 0.280 e. The number of aromatic nitrogens is 3. The maximum atomic E-state index is 11.2. The van der Waals surface area contributed by atoms with Gasteiger partial charge in [-0.05, 0) is 24.6 Å². The van der Waals surface area contributed by atoms with Gasteiger partial charge in [0.2, 0.25) is 0 Å². The molecule has 2 heterocycles. The Morgan fingerprint density at radius 3 is 2.76 bits per heavy atom. The van der Waals surface area contributed by atoms with Gasteiger partial charge >= 0.3 is 0 Å². The summed E-state index contributed by atoms with van der Waals surface area (Å²) in [5.74, 6) is 0. The van der Waals surface area contributed by atoms with E-state index in [2.05, 4.69) is 9.97 Å². The number of halogens is 1. The number of rotatable bonds is 3. The first-order valence-electron chi connectivity index (χ1n) is 6.25. The van der Waals surface area contributed by atoms with Gasteiger partial charge in [-0.25, -0.2) is 13.4 Å². The SMILES string of the molecule is Cc1cc(Cn2cnc(S(=O)(=O)Cl)c2)c2ccccc2n1. The standard InChI is InChI=1S/C14H12ClN3O2S/c1-10-6-11(12-4-2-3-5-13(12)17-10)7-18-8-14(16-9-18)21(15,19)20/h2-6,8-9H,7H2,1H3. The van der Waals surface area contributed by atoms with Crippen LogP contribution in [-0.2, 0) is 15.6 Å². The van der Waals surface area contributed by atoms with Gasteiger partial charge in [0.15, 0.2) is 5.03 Å². The lowest BCUT2D eigenvalue weighted by atomic mass is 10.1. The van der Waals surface area contributed by atoms with Gasteiger partial charge in [0.1, 0.15) is 0 Å². The summed E-state index contributed by atoms with van der Waals surface area (Å²) in [5, 5.41) is 0.895. The van der Waals surface area contributed by atoms with Crippen molar-refractivity contribution < 1.29 is 8.42 Å². The normalized spacial score (nSPS) is 11.9. The fourth-order valence-electron chi connectivity index (χ4n) is 2.27. The van der Waals surface area contributed by atoms with Crippen LogP contribution in [-0.4, -0.2) is 23.0 Å². The Morgan fingerprint density at radius 1 is 1.29 bits per heavy atom. The molecule has 0 aliphatic rings. The van der Waals surface area contributed by atoms with Crippen LogP contribution in [0.25, 0.3) is 10.9 Å². The van der Waals surface area contributed by atoms with Crippen molar-refractivity contribution in [2.24, 2.45) is 0 Å². The third kappa shape index (κ3) is 2.91. The molecule has 0 fully saturated rings. The number of pyridine rings is 1. The van der Waals surface area contributed by atoms with Crippen molar-refractivity contribution in [1.82, 2.24) is 14.5 Å². The molecule has 0 unspecified atom stereocenters. The number of aryl methyl sites for hydroxylation is 1. The lowest BCUT2D eigenvalue weighted by Gasteiger charge is -2.08. The largest absolute Gasteiger partial charge is 0.332 e. The maximum Gasteiger partial charge on any atom is 0.280 e. The quantitative estimate of drug-likeness (QED) is 0.696. The highest BCUT2D eigenvalue weighted by atomic mass is 35.7. The number of nitrogens with zero attached hydrogens (tertiary/aromatic N) is 3. The average Bonchev–Trinajstić information content (AvgIpc) is 2.87. The Kier molecular flexibility index (Phi) is 3.43. The summed E-state index contributed by atoms with van der Waals surface area (Å²) in [7, 11) is 1.48. The molecule has 3 aromatic rings. The minimum atomic E-state index is -3.80. The van der Waals surface area contributed by atoms with Crippen LogP contribution >= 0.6 is 10.7 Å². The van der Waals surface area contributed by atoms with Crippen LogP contribution in [0.3, 0.4) is 0 Å². The minimum Gasteiger partial charge on any atom is -0.332 e. The van der Waals surface area contributed by atoms with Gasteiger partial charge in [0, 0.05) is 34.5 Å². The number of para-hydroxylation sites is 1. The molecule has 2 aromatic heterocycles. The summed E-state index contributed by atoms with van der Waals surface area (Å²) in [5.41, 5.74) is 2.88. The zero-order valence-corrected chi connectivity index (χ0v) is 12.8. The van der Waals surface area contributed by atoms with Crippen molar-refractivity contribution in [3.05, 3.63) is 54.1 Å². The first-order chi connectivity index (χ1) is 9.93. The van der Waals surface area contributed by atoms with Crippen LogP contribution < -0.4 is 0 Å². The third-order valence-electron chi connectivity index (χ3n) is 3.14. The predicted molar refractivity (Wildman–Crippen MR) is 80.8 cm³/mol. The molecule has 0 atom stereocenters. The molecule has 3 rings (SSSR count). The molecule has 0 N–H and O–H groups in total. The summed E-state index contributed by atoms with van der Waals surface area (Å²) in [6.45, 7) is 2.43. The van der Waals surface area contributed by atoms with Gasteiger partial charge < -0.3 is 4.57 Å². The monoisotopic (exact) mass is 321 g/mol. The van der Waals surface area contributed by atoms with E-state index in [9.17, 15) is 8.42 Å². The second kappa shape index (κ2) is 5.13. The minimum absolute atomic E-state index is 0.140. The first kappa shape index (κ1) is 14.0. The second-order valence-corrected chi connectivity index (χ2v) is 7.27. The van der Waals surface area contributed by atoms with E-state index < -0.39 is 9.05 Å². The summed E-state index contributed by atoms with van der Waals surface area (Å²) < 4.78 is 24.2. The highest BCUT2D eigenvalue weighted by Crippen LogP contribution is 2.20. The number of imidazole rings is 1. The van der Waals surface area contributed by atoms with Gasteiger partial charge in [-0.2, -0.15) is 0 Å². The topological polar surface area (TPSA) is 64.8 Å². The Balaban J connectivity index is 2.04. The Labute approximate surface area is 126 Å². The van der Waals surface area contributed by atoms with Crippen LogP contribution in [0.5, 0.6) is 0 Å². The van der Waals surface area contributed by atoms with Crippen molar-refractivity contribution >= 4 is 30.6 Å². The van der Waals surface area contributed by atoms with Crippen LogP contribution in [0.4, 0.5) is 0 Å². The van der Waals surface area contributed by atoms with Crippen molar-refractivity contribution in [2.45, 2.75) is 18.5 Å². The van der Waals surface area contributed by atoms with Gasteiger partial charge in [-0.1, -0.05) is 18.2 Å². The van der Waals surface area contributed by atoms with Crippen LogP contribution in [0.1, 0.15) is 11.3 Å². The summed E-state index contributed by atoms with van der Waals surface area (Å²) in [4.78, 5) is 8.29. The van der Waals surface area contributed by atoms with E-state index in [4.69, 9.17) is 10.7 Å². The molecule has 7 heteroatoms. The zero-order valence-electron chi connectivity index (χ0n) is 11.2. The molecule has 5 nitrogen and oxygen atoms in total. The van der Waals surface area contributed by atoms with E-state index in [0.717, 1.165) is 22.2 Å². The van der Waals surface area contributed by atoms with E-state index in [0.29, 0.717) is 6.54 Å². The van der Waals surface area contributed by atoms with E-state index in [1.165, 1.54) is 12.5 Å². The van der Waals surface area contributed by atoms with Gasteiger partial charge in [-0.3, -0.25) is 4.98 Å². The van der Waals surface area contributed by atoms with E-state index in [-0.39, 0.29) is 5.03 Å². The first-order valence-corrected chi connectivity index (χ1v) is 8.56. The molecule has 0 radical (unpaired) electrons. The van der Waals surface area contributed by atoms with Gasteiger partial charge in [0.05, 0.1) is 11.8 Å². The lowest BCUT2D eigenvalue weighted by molar-refractivity contribution is 0.606. The van der Waals surface area contributed by atoms with Crippen molar-refractivity contribution in [1.29, 1.82) is 0 Å². The number of fused-ring (bicyclic) bond motifs is 1. The zero-order chi connectivity index (χ0) is 15.0. The molecule has 0 spiro atoms. The van der Waals surface area contributed by atoms with Crippen LogP contribution in [0.2, 0.25) is 0 Å². The van der Waals surface area contributed by atoms with E-state index in [1.54, 1.807) is 4.57 Å². The fourth-order valence-corrected chi connectivity index (χ4v) is 2.95. The molecule has 0 aliphatic carbocycles. The van der Waals surface area contributed by atoms with Gasteiger partial charge in [0.25, 0.3) is 9.05 Å². The van der Waals surface area contributed by atoms with Crippen molar-refractivity contribution in [3.63, 3.8) is 0 Å². The van der Waals surface area contributed by atoms with Crippen molar-refractivity contribution in [3.8, 4) is 0 Å². The molecule has 0 aliphatic heterocycles. The van der Waals surface area contributed by atoms with Crippen molar-refractivity contribution in [2.75, 3.05) is 0 Å². The summed E-state index contributed by atoms with van der Waals surface area (Å²) >= 11 is 0. The lowest BCUT2D eigenvalue weighted by Crippen LogP contribution is -1.99. The van der Waals surface area contributed by atoms with Gasteiger partial charge in [-0.15, -0.1) is 0 Å². The molecule has 0 bridgehead atoms. The molecular weight excluding hydrogens is 310 g/mol. The second-order valence-electron chi connectivity index (χ2n) is 4.76. The Morgan fingerprint density at radius 2 is 2.05 bits per heavy atom. The third-order valence-corrected chi connectivity index (χ3v) is 4.33. The summed E-state index contributed by atoms with van der Waals surface area (Å²) in [6, 6.07) is 9.82. The fraction of sp³-hybridized carbons (Fsp3) is 0.143. The highest BCUT2D eigenvalue weighted by molar-refractivity contribution is 8.13. The summed E-state index contributed by atoms with van der Waals surface area (Å²) in [6.07, 6.45) is 2.88.